The maximum atomic E-state index is 6.45. The lowest BCUT2D eigenvalue weighted by Crippen LogP contribution is -2.35. The lowest BCUT2D eigenvalue weighted by molar-refractivity contribution is 0.429. The molecule has 1 fully saturated rings. The topological polar surface area (TPSA) is 43.3 Å². The third kappa shape index (κ3) is 1.35. The Bertz CT molecular complexity index is 521. The highest BCUT2D eigenvalue weighted by Gasteiger charge is 2.34. The second-order valence-corrected chi connectivity index (χ2v) is 4.94. The van der Waals surface area contributed by atoms with Crippen molar-refractivity contribution >= 4 is 5.52 Å². The molecular formula is C13H17N3. The van der Waals surface area contributed by atoms with Crippen LogP contribution < -0.4 is 5.73 Å². The van der Waals surface area contributed by atoms with Gasteiger partial charge in [0.25, 0.3) is 0 Å². The average Bonchev–Trinajstić information content (AvgIpc) is 2.84. The van der Waals surface area contributed by atoms with Gasteiger partial charge in [-0.05, 0) is 37.5 Å². The highest BCUT2D eigenvalue weighted by atomic mass is 15.1. The number of imidazole rings is 1. The number of nitrogens with two attached hydrogens (primary N) is 1. The summed E-state index contributed by atoms with van der Waals surface area (Å²) in [5, 5.41) is 0. The number of nitrogens with zero attached hydrogens (tertiary/aromatic N) is 2. The Balaban J connectivity index is 2.17. The molecule has 0 saturated heterocycles. The smallest absolute Gasteiger partial charge is 0.133 e. The number of hydrogen-bond donors (Lipinski definition) is 1. The van der Waals surface area contributed by atoms with E-state index < -0.39 is 0 Å². The summed E-state index contributed by atoms with van der Waals surface area (Å²) in [5.74, 6) is 1.03. The molecule has 16 heavy (non-hydrogen) atoms. The Morgan fingerprint density at radius 3 is 2.88 bits per heavy atom. The molecule has 0 aromatic carbocycles. The molecule has 3 nitrogen and oxygen atoms in total. The van der Waals surface area contributed by atoms with Gasteiger partial charge in [-0.1, -0.05) is 12.8 Å². The van der Waals surface area contributed by atoms with E-state index in [2.05, 4.69) is 34.6 Å². The highest BCUT2D eigenvalue weighted by molar-refractivity contribution is 5.49. The SMILES string of the molecule is Cc1ccn2c(C3(N)CCCC3)ncc2c1. The fraction of sp³-hybridized carbons (Fsp3) is 0.462. The number of pyridine rings is 1. The molecule has 3 heteroatoms. The van der Waals surface area contributed by atoms with Crippen LogP contribution in [0.4, 0.5) is 0 Å². The van der Waals surface area contributed by atoms with Crippen LogP contribution in [0.2, 0.25) is 0 Å². The molecule has 0 atom stereocenters. The van der Waals surface area contributed by atoms with Crippen LogP contribution >= 0.6 is 0 Å². The zero-order valence-electron chi connectivity index (χ0n) is 9.61. The van der Waals surface area contributed by atoms with E-state index in [4.69, 9.17) is 5.73 Å². The fourth-order valence-corrected chi connectivity index (χ4v) is 2.71. The van der Waals surface area contributed by atoms with Gasteiger partial charge in [0.2, 0.25) is 0 Å². The van der Waals surface area contributed by atoms with Crippen molar-refractivity contribution in [1.82, 2.24) is 9.38 Å². The summed E-state index contributed by atoms with van der Waals surface area (Å²) in [6.07, 6.45) is 8.56. The molecule has 0 spiro atoms. The van der Waals surface area contributed by atoms with Crippen LogP contribution in [0.3, 0.4) is 0 Å². The summed E-state index contributed by atoms with van der Waals surface area (Å²) in [6, 6.07) is 4.26. The minimum absolute atomic E-state index is 0.207. The maximum Gasteiger partial charge on any atom is 0.133 e. The van der Waals surface area contributed by atoms with Crippen molar-refractivity contribution in [2.45, 2.75) is 38.1 Å². The molecule has 1 aliphatic rings. The van der Waals surface area contributed by atoms with Crippen molar-refractivity contribution in [1.29, 1.82) is 0 Å². The number of rotatable bonds is 1. The van der Waals surface area contributed by atoms with E-state index in [1.165, 1.54) is 18.4 Å². The third-order valence-corrected chi connectivity index (χ3v) is 3.63. The van der Waals surface area contributed by atoms with Crippen molar-refractivity contribution < 1.29 is 0 Å². The average molecular weight is 215 g/mol. The van der Waals surface area contributed by atoms with Gasteiger partial charge in [-0.3, -0.25) is 0 Å². The first-order valence-corrected chi connectivity index (χ1v) is 5.92. The van der Waals surface area contributed by atoms with E-state index in [9.17, 15) is 0 Å². The van der Waals surface area contributed by atoms with Crippen molar-refractivity contribution in [2.24, 2.45) is 5.73 Å². The molecule has 0 bridgehead atoms. The van der Waals surface area contributed by atoms with Gasteiger partial charge in [0.15, 0.2) is 0 Å². The van der Waals surface area contributed by atoms with E-state index in [0.717, 1.165) is 24.2 Å². The van der Waals surface area contributed by atoms with Crippen molar-refractivity contribution in [3.05, 3.63) is 35.9 Å². The lowest BCUT2D eigenvalue weighted by Gasteiger charge is -2.22. The summed E-state index contributed by atoms with van der Waals surface area (Å²) < 4.78 is 2.14. The van der Waals surface area contributed by atoms with Gasteiger partial charge in [0.05, 0.1) is 17.3 Å². The van der Waals surface area contributed by atoms with Crippen molar-refractivity contribution in [2.75, 3.05) is 0 Å². The van der Waals surface area contributed by atoms with Crippen LogP contribution in [-0.4, -0.2) is 9.38 Å². The Kier molecular flexibility index (Phi) is 2.04. The Morgan fingerprint density at radius 2 is 2.12 bits per heavy atom. The molecule has 2 N–H and O–H groups in total. The van der Waals surface area contributed by atoms with Crippen molar-refractivity contribution in [3.63, 3.8) is 0 Å². The predicted octanol–water partition coefficient (Wildman–Crippen LogP) is 2.37. The number of aromatic nitrogens is 2. The van der Waals surface area contributed by atoms with Gasteiger partial charge >= 0.3 is 0 Å². The molecule has 0 unspecified atom stereocenters. The van der Waals surface area contributed by atoms with Crippen LogP contribution in [0.25, 0.3) is 5.52 Å². The quantitative estimate of drug-likeness (QED) is 0.793. The molecule has 1 aliphatic carbocycles. The minimum Gasteiger partial charge on any atom is -0.319 e. The normalized spacial score (nSPS) is 19.4. The first-order chi connectivity index (χ1) is 7.69. The van der Waals surface area contributed by atoms with Crippen LogP contribution in [0.15, 0.2) is 24.5 Å². The van der Waals surface area contributed by atoms with Gasteiger partial charge in [0.1, 0.15) is 5.82 Å². The molecule has 84 valence electrons. The fourth-order valence-electron chi connectivity index (χ4n) is 2.71. The zero-order chi connectivity index (χ0) is 11.2. The molecule has 2 heterocycles. The third-order valence-electron chi connectivity index (χ3n) is 3.63. The Morgan fingerprint density at radius 1 is 1.38 bits per heavy atom. The van der Waals surface area contributed by atoms with Gasteiger partial charge < -0.3 is 10.1 Å². The maximum absolute atomic E-state index is 6.45. The monoisotopic (exact) mass is 215 g/mol. The number of hydrogen-bond acceptors (Lipinski definition) is 2. The van der Waals surface area contributed by atoms with Gasteiger partial charge in [-0.2, -0.15) is 0 Å². The van der Waals surface area contributed by atoms with Crippen LogP contribution in [0.1, 0.15) is 37.1 Å². The predicted molar refractivity (Wildman–Crippen MR) is 64.3 cm³/mol. The van der Waals surface area contributed by atoms with E-state index in [1.807, 2.05) is 6.20 Å². The zero-order valence-corrected chi connectivity index (χ0v) is 9.61. The van der Waals surface area contributed by atoms with Crippen LogP contribution in [-0.2, 0) is 5.54 Å². The number of fused-ring (bicyclic) bond motifs is 1. The molecule has 2 aromatic heterocycles. The second kappa shape index (κ2) is 3.32. The lowest BCUT2D eigenvalue weighted by atomic mass is 9.98. The van der Waals surface area contributed by atoms with Crippen LogP contribution in [0.5, 0.6) is 0 Å². The van der Waals surface area contributed by atoms with E-state index in [0.29, 0.717) is 0 Å². The van der Waals surface area contributed by atoms with Gasteiger partial charge in [-0.15, -0.1) is 0 Å². The first-order valence-electron chi connectivity index (χ1n) is 5.92. The summed E-state index contributed by atoms with van der Waals surface area (Å²) in [7, 11) is 0. The van der Waals surface area contributed by atoms with Gasteiger partial charge in [-0.25, -0.2) is 4.98 Å². The number of aryl methyl sites for hydroxylation is 1. The summed E-state index contributed by atoms with van der Waals surface area (Å²) in [5.41, 5.74) is 8.64. The molecule has 0 aliphatic heterocycles. The Hall–Kier alpha value is -1.35. The summed E-state index contributed by atoms with van der Waals surface area (Å²) in [4.78, 5) is 4.53. The minimum atomic E-state index is -0.207. The molecule has 1 saturated carbocycles. The largest absolute Gasteiger partial charge is 0.319 e. The molecule has 3 rings (SSSR count). The first kappa shape index (κ1) is 9.85. The standard InChI is InChI=1S/C13H17N3/c1-10-4-7-16-11(8-10)9-15-12(16)13(14)5-2-3-6-13/h4,7-9H,2-3,5-6,14H2,1H3. The molecule has 2 aromatic rings. The van der Waals surface area contributed by atoms with E-state index in [1.54, 1.807) is 0 Å². The van der Waals surface area contributed by atoms with Crippen molar-refractivity contribution in [3.8, 4) is 0 Å². The van der Waals surface area contributed by atoms with E-state index in [-0.39, 0.29) is 5.54 Å². The van der Waals surface area contributed by atoms with Crippen LogP contribution in [0, 0.1) is 6.92 Å². The Labute approximate surface area is 95.3 Å². The molecule has 0 radical (unpaired) electrons. The van der Waals surface area contributed by atoms with Gasteiger partial charge in [0, 0.05) is 6.20 Å². The summed E-state index contributed by atoms with van der Waals surface area (Å²) in [6.45, 7) is 2.10. The summed E-state index contributed by atoms with van der Waals surface area (Å²) >= 11 is 0. The van der Waals surface area contributed by atoms with E-state index >= 15 is 0 Å². The highest BCUT2D eigenvalue weighted by Crippen LogP contribution is 2.35. The second-order valence-electron chi connectivity index (χ2n) is 4.94. The molecular weight excluding hydrogens is 198 g/mol. The molecule has 0 amide bonds.